The summed E-state index contributed by atoms with van der Waals surface area (Å²) in [6.07, 6.45) is 2.27. The van der Waals surface area contributed by atoms with Crippen LogP contribution in [-0.4, -0.2) is 22.9 Å². The molecule has 3 rings (SSSR count). The Labute approximate surface area is 155 Å². The fourth-order valence-electron chi connectivity index (χ4n) is 2.99. The number of hydrogen-bond donors (Lipinski definition) is 1. The molecule has 5 nitrogen and oxygen atoms in total. The zero-order valence-corrected chi connectivity index (χ0v) is 15.4. The Morgan fingerprint density at radius 3 is 2.52 bits per heavy atom. The fourth-order valence-corrected chi connectivity index (χ4v) is 3.49. The van der Waals surface area contributed by atoms with E-state index in [9.17, 15) is 9.59 Å². The van der Waals surface area contributed by atoms with Gasteiger partial charge in [-0.1, -0.05) is 23.2 Å². The molecule has 0 saturated heterocycles. The number of anilines is 1. The van der Waals surface area contributed by atoms with Gasteiger partial charge in [-0.2, -0.15) is 0 Å². The van der Waals surface area contributed by atoms with Crippen molar-refractivity contribution < 1.29 is 14.3 Å². The van der Waals surface area contributed by atoms with E-state index < -0.39 is 5.97 Å². The van der Waals surface area contributed by atoms with Crippen LogP contribution in [0.3, 0.4) is 0 Å². The Bertz CT molecular complexity index is 870. The van der Waals surface area contributed by atoms with Crippen molar-refractivity contribution in [1.29, 1.82) is 0 Å². The molecule has 1 saturated carbocycles. The van der Waals surface area contributed by atoms with Crippen molar-refractivity contribution in [3.8, 4) is 0 Å². The maximum atomic E-state index is 12.5. The molecule has 1 aliphatic rings. The second kappa shape index (κ2) is 6.73. The standard InChI is InChI=1S/C18H18Cl2N2O3/c1-9-5-13(10(2)22(9)12-3-4-12)16(23)8-25-18(24)14-6-11(19)7-15(20)17(14)21/h5-7,12H,3-4,8,21H2,1-2H3. The predicted octanol–water partition coefficient (Wildman–Crippen LogP) is 4.37. The number of nitrogens with two attached hydrogens (primary N) is 1. The van der Waals surface area contributed by atoms with Gasteiger partial charge in [-0.3, -0.25) is 4.79 Å². The average molecular weight is 381 g/mol. The van der Waals surface area contributed by atoms with E-state index in [1.807, 2.05) is 19.9 Å². The van der Waals surface area contributed by atoms with E-state index in [-0.39, 0.29) is 33.7 Å². The van der Waals surface area contributed by atoms with Crippen LogP contribution in [0.15, 0.2) is 18.2 Å². The molecule has 1 heterocycles. The van der Waals surface area contributed by atoms with Gasteiger partial charge in [-0.05, 0) is 44.9 Å². The van der Waals surface area contributed by atoms with Crippen LogP contribution in [0.25, 0.3) is 0 Å². The highest BCUT2D eigenvalue weighted by Gasteiger charge is 2.28. The van der Waals surface area contributed by atoms with E-state index in [1.54, 1.807) is 0 Å². The summed E-state index contributed by atoms with van der Waals surface area (Å²) in [5.74, 6) is -0.980. The van der Waals surface area contributed by atoms with Gasteiger partial charge in [-0.25, -0.2) is 4.79 Å². The van der Waals surface area contributed by atoms with Crippen LogP contribution in [0.1, 0.15) is 51.0 Å². The molecular formula is C18H18Cl2N2O3. The number of nitrogens with zero attached hydrogens (tertiary/aromatic N) is 1. The molecule has 0 radical (unpaired) electrons. The number of carbonyl (C=O) groups is 2. The minimum atomic E-state index is -0.730. The lowest BCUT2D eigenvalue weighted by Gasteiger charge is -2.09. The monoisotopic (exact) mass is 380 g/mol. The first kappa shape index (κ1) is 17.8. The number of carbonyl (C=O) groups excluding carboxylic acids is 2. The topological polar surface area (TPSA) is 74.3 Å². The quantitative estimate of drug-likeness (QED) is 0.474. The van der Waals surface area contributed by atoms with Crippen molar-refractivity contribution in [2.45, 2.75) is 32.7 Å². The highest BCUT2D eigenvalue weighted by molar-refractivity contribution is 6.37. The normalized spacial score (nSPS) is 13.8. The molecule has 132 valence electrons. The van der Waals surface area contributed by atoms with Crippen LogP contribution < -0.4 is 5.73 Å². The zero-order valence-electron chi connectivity index (χ0n) is 13.9. The summed E-state index contributed by atoms with van der Waals surface area (Å²) < 4.78 is 7.29. The van der Waals surface area contributed by atoms with Crippen molar-refractivity contribution in [2.75, 3.05) is 12.3 Å². The Hall–Kier alpha value is -1.98. The van der Waals surface area contributed by atoms with Crippen LogP contribution in [-0.2, 0) is 4.74 Å². The van der Waals surface area contributed by atoms with E-state index in [2.05, 4.69) is 4.57 Å². The molecule has 25 heavy (non-hydrogen) atoms. The maximum Gasteiger partial charge on any atom is 0.340 e. The van der Waals surface area contributed by atoms with E-state index >= 15 is 0 Å². The molecule has 2 aromatic rings. The molecule has 0 aliphatic heterocycles. The van der Waals surface area contributed by atoms with Crippen LogP contribution in [0.2, 0.25) is 10.0 Å². The average Bonchev–Trinajstić information content (AvgIpc) is 3.33. The number of Topliss-reactive ketones (excluding diaryl/α,β-unsaturated/α-hetero) is 1. The smallest absolute Gasteiger partial charge is 0.340 e. The minimum absolute atomic E-state index is 0.0498. The zero-order chi connectivity index (χ0) is 18.3. The van der Waals surface area contributed by atoms with Gasteiger partial charge >= 0.3 is 5.97 Å². The number of halogens is 2. The van der Waals surface area contributed by atoms with Gasteiger partial charge in [-0.15, -0.1) is 0 Å². The van der Waals surface area contributed by atoms with Crippen molar-refractivity contribution in [3.63, 3.8) is 0 Å². The largest absolute Gasteiger partial charge is 0.454 e. The van der Waals surface area contributed by atoms with Crippen LogP contribution in [0.5, 0.6) is 0 Å². The van der Waals surface area contributed by atoms with E-state index in [0.29, 0.717) is 11.6 Å². The van der Waals surface area contributed by atoms with Crippen LogP contribution >= 0.6 is 23.2 Å². The van der Waals surface area contributed by atoms with Crippen molar-refractivity contribution >= 4 is 40.6 Å². The van der Waals surface area contributed by atoms with Crippen molar-refractivity contribution in [2.24, 2.45) is 0 Å². The molecule has 1 aromatic carbocycles. The first-order valence-corrected chi connectivity index (χ1v) is 8.68. The Balaban J connectivity index is 1.73. The third-order valence-electron chi connectivity index (χ3n) is 4.35. The van der Waals surface area contributed by atoms with Crippen molar-refractivity contribution in [3.05, 3.63) is 50.8 Å². The summed E-state index contributed by atoms with van der Waals surface area (Å²) >= 11 is 11.8. The molecule has 1 aliphatic carbocycles. The van der Waals surface area contributed by atoms with E-state index in [0.717, 1.165) is 24.2 Å². The highest BCUT2D eigenvalue weighted by atomic mass is 35.5. The summed E-state index contributed by atoms with van der Waals surface area (Å²) in [6, 6.07) is 5.13. The van der Waals surface area contributed by atoms with Gasteiger partial charge in [0, 0.05) is 28.0 Å². The first-order valence-electron chi connectivity index (χ1n) is 7.93. The summed E-state index contributed by atoms with van der Waals surface area (Å²) in [7, 11) is 0. The number of esters is 1. The van der Waals surface area contributed by atoms with Gasteiger partial charge in [0.25, 0.3) is 0 Å². The van der Waals surface area contributed by atoms with Gasteiger partial charge in [0.05, 0.1) is 16.3 Å². The lowest BCUT2D eigenvalue weighted by atomic mass is 10.1. The lowest BCUT2D eigenvalue weighted by Crippen LogP contribution is -2.16. The third kappa shape index (κ3) is 3.53. The number of aromatic nitrogens is 1. The molecule has 1 fully saturated rings. The SMILES string of the molecule is Cc1cc(C(=O)COC(=O)c2cc(Cl)cc(Cl)c2N)c(C)n1C1CC1. The molecule has 0 unspecified atom stereocenters. The van der Waals surface area contributed by atoms with E-state index in [4.69, 9.17) is 33.7 Å². The third-order valence-corrected chi connectivity index (χ3v) is 4.88. The first-order chi connectivity index (χ1) is 11.8. The maximum absolute atomic E-state index is 12.5. The van der Waals surface area contributed by atoms with Gasteiger partial charge < -0.3 is 15.0 Å². The summed E-state index contributed by atoms with van der Waals surface area (Å²) in [5, 5.41) is 0.434. The molecule has 0 atom stereocenters. The van der Waals surface area contributed by atoms with Crippen LogP contribution in [0.4, 0.5) is 5.69 Å². The second-order valence-corrected chi connectivity index (χ2v) is 7.08. The Kier molecular flexibility index (Phi) is 4.80. The molecule has 1 aromatic heterocycles. The lowest BCUT2D eigenvalue weighted by molar-refractivity contribution is 0.0475. The number of rotatable bonds is 5. The summed E-state index contributed by atoms with van der Waals surface area (Å²) in [5.41, 5.74) is 8.44. The predicted molar refractivity (Wildman–Crippen MR) is 97.7 cm³/mol. The Morgan fingerprint density at radius 1 is 1.20 bits per heavy atom. The summed E-state index contributed by atoms with van der Waals surface area (Å²) in [4.78, 5) is 24.7. The number of benzene rings is 1. The molecular weight excluding hydrogens is 363 g/mol. The molecule has 7 heteroatoms. The molecule has 0 spiro atoms. The van der Waals surface area contributed by atoms with Gasteiger partial charge in [0.2, 0.25) is 5.78 Å². The highest BCUT2D eigenvalue weighted by Crippen LogP contribution is 2.38. The number of hydrogen-bond acceptors (Lipinski definition) is 4. The van der Waals surface area contributed by atoms with Crippen LogP contribution in [0, 0.1) is 13.8 Å². The molecule has 0 bridgehead atoms. The molecule has 0 amide bonds. The van der Waals surface area contributed by atoms with Crippen molar-refractivity contribution in [1.82, 2.24) is 4.57 Å². The number of nitrogen functional groups attached to an aromatic ring is 1. The number of ether oxygens (including phenoxy) is 1. The molecule has 2 N–H and O–H groups in total. The second-order valence-electron chi connectivity index (χ2n) is 6.23. The Morgan fingerprint density at radius 2 is 1.88 bits per heavy atom. The number of ketones is 1. The van der Waals surface area contributed by atoms with Gasteiger partial charge in [0.1, 0.15) is 0 Å². The number of aryl methyl sites for hydroxylation is 1. The van der Waals surface area contributed by atoms with E-state index in [1.165, 1.54) is 12.1 Å². The fraction of sp³-hybridized carbons (Fsp3) is 0.333. The van der Waals surface area contributed by atoms with Gasteiger partial charge in [0.15, 0.2) is 6.61 Å². The summed E-state index contributed by atoms with van der Waals surface area (Å²) in [6.45, 7) is 3.52. The minimum Gasteiger partial charge on any atom is -0.454 e.